The maximum atomic E-state index is 10.8. The van der Waals surface area contributed by atoms with E-state index in [4.69, 9.17) is 0 Å². The van der Waals surface area contributed by atoms with Gasteiger partial charge >= 0.3 is 0 Å². The monoisotopic (exact) mass is 288 g/mol. The molecule has 1 aromatic carbocycles. The summed E-state index contributed by atoms with van der Waals surface area (Å²) in [4.78, 5) is 10.8. The Labute approximate surface area is 102 Å². The molecule has 2 atom stereocenters. The average molecular weight is 289 g/mol. The van der Waals surface area contributed by atoms with Crippen LogP contribution >= 0.6 is 15.9 Å². The highest BCUT2D eigenvalue weighted by atomic mass is 79.9. The third kappa shape index (κ3) is 2.81. The number of carbonyl (C=O) groups is 1. The zero-order valence-corrected chi connectivity index (χ0v) is 10.1. The summed E-state index contributed by atoms with van der Waals surface area (Å²) in [6.07, 6.45) is -1.33. The standard InChI is InChI=1S/C11H13BrO4/c12-5-4-10(15)11(16)7-2-1-3-9(14)8(7)6-13/h1-3,6,10-11,14-16H,4-5H2. The number of aldehydes is 1. The smallest absolute Gasteiger partial charge is 0.154 e. The van der Waals surface area contributed by atoms with Crippen LogP contribution in [0.2, 0.25) is 0 Å². The first-order valence-electron chi connectivity index (χ1n) is 4.81. The molecule has 3 N–H and O–H groups in total. The van der Waals surface area contributed by atoms with E-state index in [1.54, 1.807) is 0 Å². The summed E-state index contributed by atoms with van der Waals surface area (Å²) in [6, 6.07) is 4.38. The minimum Gasteiger partial charge on any atom is -0.507 e. The zero-order valence-electron chi connectivity index (χ0n) is 8.51. The van der Waals surface area contributed by atoms with Crippen molar-refractivity contribution in [3.63, 3.8) is 0 Å². The molecule has 0 radical (unpaired) electrons. The van der Waals surface area contributed by atoms with Crippen LogP contribution in [0.15, 0.2) is 18.2 Å². The fraction of sp³-hybridized carbons (Fsp3) is 0.364. The second-order valence-corrected chi connectivity index (χ2v) is 4.18. The normalized spacial score (nSPS) is 14.4. The highest BCUT2D eigenvalue weighted by Crippen LogP contribution is 2.27. The van der Waals surface area contributed by atoms with E-state index in [1.165, 1.54) is 18.2 Å². The summed E-state index contributed by atoms with van der Waals surface area (Å²) < 4.78 is 0. The lowest BCUT2D eigenvalue weighted by Crippen LogP contribution is -2.19. The second kappa shape index (κ2) is 5.98. The van der Waals surface area contributed by atoms with Crippen LogP contribution in [0.5, 0.6) is 5.75 Å². The SMILES string of the molecule is O=Cc1c(O)cccc1C(O)C(O)CCBr. The molecule has 0 bridgehead atoms. The van der Waals surface area contributed by atoms with Gasteiger partial charge in [-0.1, -0.05) is 28.1 Å². The molecular weight excluding hydrogens is 276 g/mol. The molecule has 0 aromatic heterocycles. The predicted octanol–water partition coefficient (Wildman–Crippen LogP) is 1.38. The molecule has 0 aliphatic rings. The van der Waals surface area contributed by atoms with Crippen LogP contribution in [0.1, 0.15) is 28.4 Å². The van der Waals surface area contributed by atoms with Gasteiger partial charge in [0.1, 0.15) is 11.9 Å². The van der Waals surface area contributed by atoms with E-state index in [-0.39, 0.29) is 16.9 Å². The molecule has 0 aliphatic carbocycles. The van der Waals surface area contributed by atoms with Crippen molar-refractivity contribution in [3.05, 3.63) is 29.3 Å². The fourth-order valence-corrected chi connectivity index (χ4v) is 1.90. The van der Waals surface area contributed by atoms with Crippen molar-refractivity contribution in [1.29, 1.82) is 0 Å². The van der Waals surface area contributed by atoms with Crippen LogP contribution in [0.3, 0.4) is 0 Å². The number of aliphatic hydroxyl groups is 2. The van der Waals surface area contributed by atoms with Crippen molar-refractivity contribution in [2.75, 3.05) is 5.33 Å². The minimum absolute atomic E-state index is 0.0172. The molecule has 1 aromatic rings. The van der Waals surface area contributed by atoms with Gasteiger partial charge < -0.3 is 15.3 Å². The van der Waals surface area contributed by atoms with Crippen molar-refractivity contribution >= 4 is 22.2 Å². The molecule has 0 fully saturated rings. The maximum Gasteiger partial charge on any atom is 0.154 e. The van der Waals surface area contributed by atoms with Gasteiger partial charge in [-0.25, -0.2) is 0 Å². The van der Waals surface area contributed by atoms with Crippen molar-refractivity contribution in [2.45, 2.75) is 18.6 Å². The highest BCUT2D eigenvalue weighted by molar-refractivity contribution is 9.09. The van der Waals surface area contributed by atoms with E-state index in [0.717, 1.165) is 0 Å². The first-order chi connectivity index (χ1) is 7.61. The number of hydrogen-bond donors (Lipinski definition) is 3. The maximum absolute atomic E-state index is 10.8. The molecule has 4 nitrogen and oxygen atoms in total. The van der Waals surface area contributed by atoms with Gasteiger partial charge in [-0.05, 0) is 18.1 Å². The molecule has 2 unspecified atom stereocenters. The molecule has 0 aliphatic heterocycles. The van der Waals surface area contributed by atoms with Gasteiger partial charge in [-0.2, -0.15) is 0 Å². The van der Waals surface area contributed by atoms with E-state index in [2.05, 4.69) is 15.9 Å². The first-order valence-corrected chi connectivity index (χ1v) is 5.93. The molecular formula is C11H13BrO4. The number of alkyl halides is 1. The van der Waals surface area contributed by atoms with Crippen molar-refractivity contribution in [2.24, 2.45) is 0 Å². The summed E-state index contributed by atoms with van der Waals surface area (Å²) >= 11 is 3.15. The second-order valence-electron chi connectivity index (χ2n) is 3.39. The predicted molar refractivity (Wildman–Crippen MR) is 62.9 cm³/mol. The minimum atomic E-state index is -1.18. The third-order valence-electron chi connectivity index (χ3n) is 2.32. The summed E-state index contributed by atoms with van der Waals surface area (Å²) in [7, 11) is 0. The van der Waals surface area contributed by atoms with Gasteiger partial charge in [-0.3, -0.25) is 4.79 Å². The Kier molecular flexibility index (Phi) is 4.92. The molecule has 0 saturated heterocycles. The lowest BCUT2D eigenvalue weighted by Gasteiger charge is -2.18. The van der Waals surface area contributed by atoms with Crippen LogP contribution in [0.25, 0.3) is 0 Å². The van der Waals surface area contributed by atoms with Crippen molar-refractivity contribution in [1.82, 2.24) is 0 Å². The molecule has 88 valence electrons. The topological polar surface area (TPSA) is 77.8 Å². The lowest BCUT2D eigenvalue weighted by atomic mass is 9.97. The van der Waals surface area contributed by atoms with Gasteiger partial charge in [-0.15, -0.1) is 0 Å². The number of benzene rings is 1. The summed E-state index contributed by atoms with van der Waals surface area (Å²) in [5.41, 5.74) is 0.257. The van der Waals surface area contributed by atoms with Gasteiger partial charge in [0, 0.05) is 5.33 Å². The molecule has 0 heterocycles. The third-order valence-corrected chi connectivity index (χ3v) is 2.78. The summed E-state index contributed by atoms with van der Waals surface area (Å²) in [6.45, 7) is 0. The van der Waals surface area contributed by atoms with Crippen molar-refractivity contribution in [3.8, 4) is 5.75 Å². The van der Waals surface area contributed by atoms with Crippen molar-refractivity contribution < 1.29 is 20.1 Å². The summed E-state index contributed by atoms with van der Waals surface area (Å²) in [5.74, 6) is -0.197. The Bertz CT molecular complexity index is 367. The van der Waals surface area contributed by atoms with E-state index in [9.17, 15) is 20.1 Å². The molecule has 0 spiro atoms. The fourth-order valence-electron chi connectivity index (χ4n) is 1.43. The van der Waals surface area contributed by atoms with Crippen LogP contribution in [0, 0.1) is 0 Å². The van der Waals surface area contributed by atoms with E-state index in [1.807, 2.05) is 0 Å². The Morgan fingerprint density at radius 3 is 2.62 bits per heavy atom. The Morgan fingerprint density at radius 1 is 1.38 bits per heavy atom. The van der Waals surface area contributed by atoms with Gasteiger partial charge in [0.2, 0.25) is 0 Å². The highest BCUT2D eigenvalue weighted by Gasteiger charge is 2.21. The number of phenols is 1. The molecule has 5 heteroatoms. The number of aliphatic hydroxyl groups excluding tert-OH is 2. The van der Waals surface area contributed by atoms with E-state index in [0.29, 0.717) is 18.0 Å². The van der Waals surface area contributed by atoms with Crippen LogP contribution in [-0.2, 0) is 0 Å². The Hall–Kier alpha value is -0.910. The molecule has 16 heavy (non-hydrogen) atoms. The first kappa shape index (κ1) is 13.2. The van der Waals surface area contributed by atoms with Gasteiger partial charge in [0.25, 0.3) is 0 Å². The van der Waals surface area contributed by atoms with Crippen LogP contribution in [0.4, 0.5) is 0 Å². The van der Waals surface area contributed by atoms with Crippen LogP contribution in [-0.4, -0.2) is 33.0 Å². The number of rotatable bonds is 5. The Balaban J connectivity index is 3.03. The van der Waals surface area contributed by atoms with Gasteiger partial charge in [0.05, 0.1) is 11.7 Å². The lowest BCUT2D eigenvalue weighted by molar-refractivity contribution is 0.0169. The number of aromatic hydroxyl groups is 1. The zero-order chi connectivity index (χ0) is 12.1. The van der Waals surface area contributed by atoms with E-state index < -0.39 is 12.2 Å². The largest absolute Gasteiger partial charge is 0.507 e. The molecule has 0 amide bonds. The number of halogens is 1. The van der Waals surface area contributed by atoms with E-state index >= 15 is 0 Å². The molecule has 0 saturated carbocycles. The van der Waals surface area contributed by atoms with Gasteiger partial charge in [0.15, 0.2) is 6.29 Å². The number of phenolic OH excluding ortho intramolecular Hbond substituents is 1. The quantitative estimate of drug-likeness (QED) is 0.565. The number of hydrogen-bond acceptors (Lipinski definition) is 4. The van der Waals surface area contributed by atoms with Crippen LogP contribution < -0.4 is 0 Å². The summed E-state index contributed by atoms with van der Waals surface area (Å²) in [5, 5.41) is 29.4. The average Bonchev–Trinajstić information content (AvgIpc) is 2.28. The molecule has 1 rings (SSSR count). The number of carbonyl (C=O) groups excluding carboxylic acids is 1. The Morgan fingerprint density at radius 2 is 2.06 bits per heavy atom.